The molecule has 128 valence electrons. The zero-order valence-electron chi connectivity index (χ0n) is 13.7. The second-order valence-corrected chi connectivity index (χ2v) is 6.80. The van der Waals surface area contributed by atoms with Crippen molar-refractivity contribution in [1.29, 1.82) is 0 Å². The standard InChI is InChI=1S/C20H19ClN2O2/c21-16-5-6-18-17(10-16)14(11-23-18)7-8-22-20(24)15-9-13-3-1-2-4-19(13)25-12-15/h1-6,10-11,15,23H,7-9,12H2,(H,22,24). The first-order chi connectivity index (χ1) is 12.2. The summed E-state index contributed by atoms with van der Waals surface area (Å²) in [4.78, 5) is 15.7. The van der Waals surface area contributed by atoms with Crippen LogP contribution in [0.5, 0.6) is 5.75 Å². The molecule has 25 heavy (non-hydrogen) atoms. The van der Waals surface area contributed by atoms with E-state index < -0.39 is 0 Å². The molecule has 0 bridgehead atoms. The average Bonchev–Trinajstić information content (AvgIpc) is 3.03. The van der Waals surface area contributed by atoms with E-state index in [0.717, 1.165) is 45.6 Å². The van der Waals surface area contributed by atoms with E-state index in [1.165, 1.54) is 0 Å². The Bertz CT molecular complexity index is 919. The molecule has 3 aromatic rings. The van der Waals surface area contributed by atoms with Crippen molar-refractivity contribution in [2.75, 3.05) is 13.2 Å². The summed E-state index contributed by atoms with van der Waals surface area (Å²) in [6.45, 7) is 1.03. The normalized spacial score (nSPS) is 16.3. The third-order valence-electron chi connectivity index (χ3n) is 4.67. The van der Waals surface area contributed by atoms with Gasteiger partial charge in [0.2, 0.25) is 5.91 Å². The van der Waals surface area contributed by atoms with Crippen LogP contribution >= 0.6 is 11.6 Å². The number of aromatic nitrogens is 1. The summed E-state index contributed by atoms with van der Waals surface area (Å²) in [6, 6.07) is 13.7. The molecular formula is C20H19ClN2O2. The second kappa shape index (κ2) is 6.81. The number of fused-ring (bicyclic) bond motifs is 2. The summed E-state index contributed by atoms with van der Waals surface area (Å²) in [6.07, 6.45) is 3.47. The molecule has 4 rings (SSSR count). The van der Waals surface area contributed by atoms with Crippen molar-refractivity contribution in [2.24, 2.45) is 5.92 Å². The molecule has 4 nitrogen and oxygen atoms in total. The van der Waals surface area contributed by atoms with Crippen LogP contribution in [0, 0.1) is 5.92 Å². The fourth-order valence-electron chi connectivity index (χ4n) is 3.32. The van der Waals surface area contributed by atoms with Crippen molar-refractivity contribution in [2.45, 2.75) is 12.8 Å². The Morgan fingerprint density at radius 1 is 1.28 bits per heavy atom. The minimum atomic E-state index is -0.132. The first kappa shape index (κ1) is 16.0. The monoisotopic (exact) mass is 354 g/mol. The van der Waals surface area contributed by atoms with Gasteiger partial charge in [0.05, 0.1) is 5.92 Å². The van der Waals surface area contributed by atoms with E-state index >= 15 is 0 Å². The van der Waals surface area contributed by atoms with E-state index in [4.69, 9.17) is 16.3 Å². The van der Waals surface area contributed by atoms with Crippen LogP contribution in [0.15, 0.2) is 48.7 Å². The Labute approximate surface area is 151 Å². The van der Waals surface area contributed by atoms with Crippen LogP contribution in [0.3, 0.4) is 0 Å². The molecule has 0 aliphatic carbocycles. The minimum absolute atomic E-state index is 0.0485. The van der Waals surface area contributed by atoms with Crippen molar-refractivity contribution in [3.05, 3.63) is 64.8 Å². The van der Waals surface area contributed by atoms with Crippen LogP contribution in [-0.2, 0) is 17.6 Å². The molecule has 0 saturated heterocycles. The highest BCUT2D eigenvalue weighted by Gasteiger charge is 2.25. The Hall–Kier alpha value is -2.46. The summed E-state index contributed by atoms with van der Waals surface area (Å²) in [7, 11) is 0. The van der Waals surface area contributed by atoms with Crippen LogP contribution in [0.1, 0.15) is 11.1 Å². The van der Waals surface area contributed by atoms with Gasteiger partial charge in [0.1, 0.15) is 12.4 Å². The maximum atomic E-state index is 12.4. The van der Waals surface area contributed by atoms with E-state index in [0.29, 0.717) is 13.2 Å². The molecule has 1 aromatic heterocycles. The third-order valence-corrected chi connectivity index (χ3v) is 4.91. The first-order valence-corrected chi connectivity index (χ1v) is 8.82. The quantitative estimate of drug-likeness (QED) is 0.750. The maximum absolute atomic E-state index is 12.4. The lowest BCUT2D eigenvalue weighted by Crippen LogP contribution is -2.38. The predicted octanol–water partition coefficient (Wildman–Crippen LogP) is 3.73. The van der Waals surface area contributed by atoms with Gasteiger partial charge in [-0.2, -0.15) is 0 Å². The van der Waals surface area contributed by atoms with Gasteiger partial charge in [-0.3, -0.25) is 4.79 Å². The number of para-hydroxylation sites is 1. The van der Waals surface area contributed by atoms with Gasteiger partial charge in [-0.05, 0) is 48.2 Å². The van der Waals surface area contributed by atoms with Crippen LogP contribution < -0.4 is 10.1 Å². The number of aromatic amines is 1. The largest absolute Gasteiger partial charge is 0.492 e. The molecule has 2 aromatic carbocycles. The topological polar surface area (TPSA) is 54.1 Å². The molecule has 0 radical (unpaired) electrons. The van der Waals surface area contributed by atoms with E-state index in [-0.39, 0.29) is 11.8 Å². The first-order valence-electron chi connectivity index (χ1n) is 8.44. The number of rotatable bonds is 4. The van der Waals surface area contributed by atoms with Crippen molar-refractivity contribution < 1.29 is 9.53 Å². The van der Waals surface area contributed by atoms with Gasteiger partial charge in [0.25, 0.3) is 0 Å². The summed E-state index contributed by atoms with van der Waals surface area (Å²) in [5.41, 5.74) is 3.31. The van der Waals surface area contributed by atoms with Gasteiger partial charge in [-0.25, -0.2) is 0 Å². The molecule has 0 saturated carbocycles. The van der Waals surface area contributed by atoms with Crippen molar-refractivity contribution in [1.82, 2.24) is 10.3 Å². The number of H-pyrrole nitrogens is 1. The van der Waals surface area contributed by atoms with Gasteiger partial charge in [-0.15, -0.1) is 0 Å². The highest BCUT2D eigenvalue weighted by atomic mass is 35.5. The Kier molecular flexibility index (Phi) is 4.36. The SMILES string of the molecule is O=C(NCCc1c[nH]c2ccc(Cl)cc12)C1COc2ccccc2C1. The average molecular weight is 355 g/mol. The van der Waals surface area contributed by atoms with E-state index in [2.05, 4.69) is 10.3 Å². The number of amides is 1. The van der Waals surface area contributed by atoms with E-state index in [1.54, 1.807) is 0 Å². The summed E-state index contributed by atoms with van der Waals surface area (Å²) in [5, 5.41) is 4.86. The number of halogens is 1. The molecule has 1 amide bonds. The summed E-state index contributed by atoms with van der Waals surface area (Å²) >= 11 is 6.08. The molecule has 1 atom stereocenters. The van der Waals surface area contributed by atoms with Gasteiger partial charge in [0.15, 0.2) is 0 Å². The Morgan fingerprint density at radius 3 is 3.08 bits per heavy atom. The number of carbonyl (C=O) groups excluding carboxylic acids is 1. The number of hydrogen-bond acceptors (Lipinski definition) is 2. The van der Waals surface area contributed by atoms with E-state index in [9.17, 15) is 4.79 Å². The smallest absolute Gasteiger partial charge is 0.226 e. The lowest BCUT2D eigenvalue weighted by molar-refractivity contribution is -0.126. The fraction of sp³-hybridized carbons (Fsp3) is 0.250. The van der Waals surface area contributed by atoms with Crippen molar-refractivity contribution in [3.63, 3.8) is 0 Å². The van der Waals surface area contributed by atoms with Gasteiger partial charge >= 0.3 is 0 Å². The molecular weight excluding hydrogens is 336 g/mol. The zero-order valence-corrected chi connectivity index (χ0v) is 14.5. The molecule has 2 heterocycles. The molecule has 0 fully saturated rings. The third kappa shape index (κ3) is 3.35. The van der Waals surface area contributed by atoms with Gasteiger partial charge in [-0.1, -0.05) is 29.8 Å². The maximum Gasteiger partial charge on any atom is 0.226 e. The molecule has 5 heteroatoms. The summed E-state index contributed by atoms with van der Waals surface area (Å²) in [5.74, 6) is 0.807. The Balaban J connectivity index is 1.35. The lowest BCUT2D eigenvalue weighted by atomic mass is 9.96. The van der Waals surface area contributed by atoms with Crippen LogP contribution in [0.2, 0.25) is 5.02 Å². The number of hydrogen-bond donors (Lipinski definition) is 2. The van der Waals surface area contributed by atoms with Crippen LogP contribution in [0.4, 0.5) is 0 Å². The van der Waals surface area contributed by atoms with Gasteiger partial charge < -0.3 is 15.0 Å². The van der Waals surface area contributed by atoms with Crippen molar-refractivity contribution >= 4 is 28.4 Å². The molecule has 1 unspecified atom stereocenters. The lowest BCUT2D eigenvalue weighted by Gasteiger charge is -2.24. The number of ether oxygens (including phenoxy) is 1. The zero-order chi connectivity index (χ0) is 17.2. The highest BCUT2D eigenvalue weighted by molar-refractivity contribution is 6.31. The highest BCUT2D eigenvalue weighted by Crippen LogP contribution is 2.27. The number of benzene rings is 2. The summed E-state index contributed by atoms with van der Waals surface area (Å²) < 4.78 is 5.70. The number of nitrogens with one attached hydrogen (secondary N) is 2. The van der Waals surface area contributed by atoms with Gasteiger partial charge in [0, 0.05) is 28.7 Å². The molecule has 2 N–H and O–H groups in total. The minimum Gasteiger partial charge on any atom is -0.492 e. The fourth-order valence-corrected chi connectivity index (χ4v) is 3.49. The van der Waals surface area contributed by atoms with Crippen LogP contribution in [-0.4, -0.2) is 24.0 Å². The number of carbonyl (C=O) groups is 1. The molecule has 1 aliphatic rings. The van der Waals surface area contributed by atoms with Crippen LogP contribution in [0.25, 0.3) is 10.9 Å². The molecule has 0 spiro atoms. The van der Waals surface area contributed by atoms with Crippen molar-refractivity contribution in [3.8, 4) is 5.75 Å². The van der Waals surface area contributed by atoms with E-state index in [1.807, 2.05) is 48.7 Å². The Morgan fingerprint density at radius 2 is 2.16 bits per heavy atom. The predicted molar refractivity (Wildman–Crippen MR) is 99.2 cm³/mol. The molecule has 1 aliphatic heterocycles. The second-order valence-electron chi connectivity index (χ2n) is 6.36.